The van der Waals surface area contributed by atoms with Gasteiger partial charge in [-0.3, -0.25) is 14.6 Å². The van der Waals surface area contributed by atoms with E-state index in [1.54, 1.807) is 11.0 Å². The Hall–Kier alpha value is -4.13. The average Bonchev–Trinajstić information content (AvgIpc) is 3.70. The fourth-order valence-corrected chi connectivity index (χ4v) is 6.34. The van der Waals surface area contributed by atoms with E-state index in [1.807, 2.05) is 42.6 Å². The number of hydrogen-bond donors (Lipinski definition) is 3. The van der Waals surface area contributed by atoms with E-state index in [1.165, 1.54) is 35.7 Å². The Labute approximate surface area is 263 Å². The second-order valence-electron chi connectivity index (χ2n) is 11.1. The topological polar surface area (TPSA) is 107 Å². The number of likely N-dealkylation sites (tertiary alicyclic amines) is 1. The Kier molecular flexibility index (Phi) is 10.3. The van der Waals surface area contributed by atoms with Gasteiger partial charge in [-0.05, 0) is 55.5 Å². The van der Waals surface area contributed by atoms with Crippen LogP contribution in [0.1, 0.15) is 67.1 Å². The number of carbonyl (C=O) groups is 2. The number of amides is 2. The molecule has 4 aromatic rings. The van der Waals surface area contributed by atoms with Crippen LogP contribution in [0.2, 0.25) is 0 Å². The van der Waals surface area contributed by atoms with Gasteiger partial charge >= 0.3 is 6.18 Å². The number of pyridine rings is 1. The third-order valence-corrected chi connectivity index (χ3v) is 8.76. The molecule has 3 N–H and O–H groups in total. The van der Waals surface area contributed by atoms with Crippen molar-refractivity contribution in [3.05, 3.63) is 117 Å². The number of carbonyl (C=O) groups excluding carboxylic acids is 2. The molecule has 5 rings (SSSR count). The predicted octanol–water partition coefficient (Wildman–Crippen LogP) is 5.33. The first kappa shape index (κ1) is 32.3. The number of aliphatic hydroxyl groups excluding tert-OH is 1. The van der Waals surface area contributed by atoms with Gasteiger partial charge in [0.1, 0.15) is 10.7 Å². The second-order valence-corrected chi connectivity index (χ2v) is 12.0. The quantitative estimate of drug-likeness (QED) is 0.205. The summed E-state index contributed by atoms with van der Waals surface area (Å²) in [5.74, 6) is -0.766. The Morgan fingerprint density at radius 3 is 2.60 bits per heavy atom. The van der Waals surface area contributed by atoms with E-state index in [2.05, 4.69) is 20.6 Å². The van der Waals surface area contributed by atoms with Crippen LogP contribution in [0, 0.1) is 6.92 Å². The summed E-state index contributed by atoms with van der Waals surface area (Å²) in [6, 6.07) is 16.4. The van der Waals surface area contributed by atoms with Crippen molar-refractivity contribution in [3.63, 3.8) is 0 Å². The number of hydrogen-bond acceptors (Lipinski definition) is 7. The molecule has 0 saturated carbocycles. The van der Waals surface area contributed by atoms with Gasteiger partial charge < -0.3 is 20.6 Å². The predicted molar refractivity (Wildman–Crippen MR) is 165 cm³/mol. The Bertz CT molecular complexity index is 1610. The van der Waals surface area contributed by atoms with E-state index in [0.29, 0.717) is 18.5 Å². The van der Waals surface area contributed by atoms with Gasteiger partial charge in [0.25, 0.3) is 11.8 Å². The standard InChI is InChI=1S/C33H34F3N5O3S/c1-21-20-45-31(39-21)28-11-6-14-41(28)32(44)27-17-24(12-13-38-27)30(43)40-26(16-22-7-3-2-4-8-22)29(42)19-37-18-23-9-5-10-25(15-23)33(34,35)36/h2-5,7-10,12-13,15,17,20,26,28-29,37,42H,6,11,14,16,18-19H2,1H3,(H,40,43)/t26-,28+,29+/m0/s1. The van der Waals surface area contributed by atoms with Crippen LogP contribution in [-0.2, 0) is 19.1 Å². The zero-order chi connectivity index (χ0) is 32.0. The van der Waals surface area contributed by atoms with Gasteiger partial charge in [0, 0.05) is 42.5 Å². The zero-order valence-corrected chi connectivity index (χ0v) is 25.4. The van der Waals surface area contributed by atoms with Crippen molar-refractivity contribution in [3.8, 4) is 0 Å². The van der Waals surface area contributed by atoms with Gasteiger partial charge in [0.05, 0.1) is 23.8 Å². The number of alkyl halides is 3. The van der Waals surface area contributed by atoms with Crippen molar-refractivity contribution in [2.45, 2.75) is 57.1 Å². The summed E-state index contributed by atoms with van der Waals surface area (Å²) >= 11 is 1.52. The molecule has 12 heteroatoms. The number of halogens is 3. The fourth-order valence-electron chi connectivity index (χ4n) is 5.39. The smallest absolute Gasteiger partial charge is 0.390 e. The molecule has 0 bridgehead atoms. The summed E-state index contributed by atoms with van der Waals surface area (Å²) in [7, 11) is 0. The van der Waals surface area contributed by atoms with Crippen molar-refractivity contribution in [2.24, 2.45) is 0 Å². The largest absolute Gasteiger partial charge is 0.416 e. The molecule has 2 amide bonds. The van der Waals surface area contributed by atoms with Gasteiger partial charge in [-0.1, -0.05) is 48.5 Å². The minimum atomic E-state index is -4.45. The molecule has 8 nitrogen and oxygen atoms in total. The molecule has 1 fully saturated rings. The van der Waals surface area contributed by atoms with Crippen LogP contribution in [0.3, 0.4) is 0 Å². The molecule has 0 aliphatic carbocycles. The zero-order valence-electron chi connectivity index (χ0n) is 24.6. The minimum absolute atomic E-state index is 0.0146. The Morgan fingerprint density at radius 2 is 1.87 bits per heavy atom. The minimum Gasteiger partial charge on any atom is -0.390 e. The van der Waals surface area contributed by atoms with Crippen molar-refractivity contribution in [1.29, 1.82) is 0 Å². The molecule has 2 aromatic heterocycles. The molecule has 45 heavy (non-hydrogen) atoms. The van der Waals surface area contributed by atoms with Crippen LogP contribution in [-0.4, -0.2) is 57.0 Å². The van der Waals surface area contributed by atoms with Crippen LogP contribution in [0.5, 0.6) is 0 Å². The maximum atomic E-state index is 13.5. The van der Waals surface area contributed by atoms with Crippen LogP contribution in [0.25, 0.3) is 0 Å². The number of aliphatic hydroxyl groups is 1. The monoisotopic (exact) mass is 637 g/mol. The lowest BCUT2D eigenvalue weighted by atomic mass is 10.00. The molecule has 1 aliphatic heterocycles. The molecule has 2 aromatic carbocycles. The Morgan fingerprint density at radius 1 is 1.09 bits per heavy atom. The van der Waals surface area contributed by atoms with Gasteiger partial charge in [0.2, 0.25) is 0 Å². The van der Waals surface area contributed by atoms with Crippen LogP contribution < -0.4 is 10.6 Å². The molecule has 0 radical (unpaired) electrons. The van der Waals surface area contributed by atoms with Gasteiger partial charge in [0.15, 0.2) is 0 Å². The van der Waals surface area contributed by atoms with Gasteiger partial charge in [-0.15, -0.1) is 11.3 Å². The molecular weight excluding hydrogens is 603 g/mol. The average molecular weight is 638 g/mol. The molecular formula is C33H34F3N5O3S. The van der Waals surface area contributed by atoms with E-state index in [-0.39, 0.29) is 36.3 Å². The first-order valence-corrected chi connectivity index (χ1v) is 15.5. The SMILES string of the molecule is Cc1csc([C@H]2CCCN2C(=O)c2cc(C(=O)N[C@@H](Cc3ccccc3)[C@H](O)CNCc3cccc(C(F)(F)F)c3)ccn2)n1. The highest BCUT2D eigenvalue weighted by Gasteiger charge is 2.34. The number of rotatable bonds is 11. The number of nitrogens with one attached hydrogen (secondary N) is 2. The maximum Gasteiger partial charge on any atom is 0.416 e. The number of nitrogens with zero attached hydrogens (tertiary/aromatic N) is 3. The number of thiazole rings is 1. The van der Waals surface area contributed by atoms with Gasteiger partial charge in [-0.25, -0.2) is 4.98 Å². The molecule has 0 unspecified atom stereocenters. The van der Waals surface area contributed by atoms with Gasteiger partial charge in [-0.2, -0.15) is 13.2 Å². The lowest BCUT2D eigenvalue weighted by Gasteiger charge is -2.25. The van der Waals surface area contributed by atoms with Crippen molar-refractivity contribution in [2.75, 3.05) is 13.1 Å². The first-order chi connectivity index (χ1) is 21.6. The Balaban J connectivity index is 1.26. The van der Waals surface area contributed by atoms with Crippen LogP contribution in [0.4, 0.5) is 13.2 Å². The maximum absolute atomic E-state index is 13.5. The molecule has 3 atom stereocenters. The lowest BCUT2D eigenvalue weighted by molar-refractivity contribution is -0.137. The van der Waals surface area contributed by atoms with Crippen molar-refractivity contribution >= 4 is 23.2 Å². The van der Waals surface area contributed by atoms with Crippen LogP contribution >= 0.6 is 11.3 Å². The highest BCUT2D eigenvalue weighted by Crippen LogP contribution is 2.34. The van der Waals surface area contributed by atoms with E-state index in [0.717, 1.165) is 41.2 Å². The number of aryl methyl sites for hydroxylation is 1. The van der Waals surface area contributed by atoms with E-state index >= 15 is 0 Å². The second kappa shape index (κ2) is 14.3. The molecule has 1 saturated heterocycles. The third kappa shape index (κ3) is 8.33. The molecule has 1 aliphatic rings. The van der Waals surface area contributed by atoms with E-state index in [9.17, 15) is 27.9 Å². The highest BCUT2D eigenvalue weighted by molar-refractivity contribution is 7.09. The van der Waals surface area contributed by atoms with Crippen LogP contribution in [0.15, 0.2) is 78.3 Å². The van der Waals surface area contributed by atoms with E-state index in [4.69, 9.17) is 0 Å². The molecule has 236 valence electrons. The lowest BCUT2D eigenvalue weighted by Crippen LogP contribution is -2.48. The highest BCUT2D eigenvalue weighted by atomic mass is 32.1. The summed E-state index contributed by atoms with van der Waals surface area (Å²) in [4.78, 5) is 37.5. The normalized spacial score (nSPS) is 16.4. The number of aromatic nitrogens is 2. The molecule has 0 spiro atoms. The first-order valence-electron chi connectivity index (χ1n) is 14.7. The van der Waals surface area contributed by atoms with Crippen molar-refractivity contribution < 1.29 is 27.9 Å². The summed E-state index contributed by atoms with van der Waals surface area (Å²) in [6.07, 6.45) is -2.15. The summed E-state index contributed by atoms with van der Waals surface area (Å²) < 4.78 is 39.3. The van der Waals surface area contributed by atoms with Crippen molar-refractivity contribution in [1.82, 2.24) is 25.5 Å². The number of benzene rings is 2. The van der Waals surface area contributed by atoms with E-state index < -0.39 is 29.8 Å². The third-order valence-electron chi connectivity index (χ3n) is 7.69. The molecule has 3 heterocycles. The summed E-state index contributed by atoms with van der Waals surface area (Å²) in [5, 5.41) is 19.9. The summed E-state index contributed by atoms with van der Waals surface area (Å²) in [6.45, 7) is 2.60. The summed E-state index contributed by atoms with van der Waals surface area (Å²) in [5.41, 5.74) is 1.82. The fraction of sp³-hybridized carbons (Fsp3) is 0.333.